The van der Waals surface area contributed by atoms with Crippen molar-refractivity contribution in [2.45, 2.75) is 64.0 Å². The largest absolute Gasteiger partial charge is 0.493 e. The third-order valence-electron chi connectivity index (χ3n) is 6.77. The molecule has 2 aromatic heterocycles. The van der Waals surface area contributed by atoms with E-state index in [2.05, 4.69) is 27.4 Å². The lowest BCUT2D eigenvalue weighted by Crippen LogP contribution is -2.48. The van der Waals surface area contributed by atoms with Crippen molar-refractivity contribution < 1.29 is 13.9 Å². The molecule has 1 amide bonds. The highest BCUT2D eigenvalue weighted by Gasteiger charge is 2.41. The lowest BCUT2D eigenvalue weighted by Gasteiger charge is -2.37. The Balaban J connectivity index is 1.52. The minimum absolute atomic E-state index is 0.346. The van der Waals surface area contributed by atoms with E-state index >= 15 is 4.39 Å². The highest BCUT2D eigenvalue weighted by Crippen LogP contribution is 2.42. The molecule has 2 aliphatic rings. The van der Waals surface area contributed by atoms with Crippen LogP contribution in [0.3, 0.4) is 0 Å². The van der Waals surface area contributed by atoms with Gasteiger partial charge in [-0.15, -0.1) is 0 Å². The molecule has 1 aliphatic heterocycles. The van der Waals surface area contributed by atoms with Crippen LogP contribution in [0.5, 0.6) is 5.75 Å². The van der Waals surface area contributed by atoms with Crippen molar-refractivity contribution in [2.24, 2.45) is 0 Å². The van der Waals surface area contributed by atoms with Gasteiger partial charge in [0, 0.05) is 24.2 Å². The van der Waals surface area contributed by atoms with Crippen LogP contribution in [0.25, 0.3) is 11.1 Å². The molecule has 5 rings (SSSR count). The molecule has 1 unspecified atom stereocenters. The van der Waals surface area contributed by atoms with Crippen molar-refractivity contribution in [3.63, 3.8) is 0 Å². The highest BCUT2D eigenvalue weighted by molar-refractivity contribution is 6.27. The van der Waals surface area contributed by atoms with Gasteiger partial charge in [-0.25, -0.2) is 9.37 Å². The van der Waals surface area contributed by atoms with Gasteiger partial charge in [-0.2, -0.15) is 10.2 Å². The summed E-state index contributed by atoms with van der Waals surface area (Å²) in [4.78, 5) is 17.6. The second-order valence-electron chi connectivity index (χ2n) is 9.26. The molecular weight excluding hydrogens is 435 g/mol. The maximum absolute atomic E-state index is 15.3. The molecule has 0 radical (unpaired) electrons. The van der Waals surface area contributed by atoms with E-state index in [1.54, 1.807) is 12.1 Å². The van der Waals surface area contributed by atoms with Gasteiger partial charge >= 0.3 is 0 Å². The summed E-state index contributed by atoms with van der Waals surface area (Å²) in [6.45, 7) is 4.45. The maximum atomic E-state index is 15.3. The van der Waals surface area contributed by atoms with Gasteiger partial charge in [0.25, 0.3) is 5.91 Å². The molecule has 1 saturated carbocycles. The van der Waals surface area contributed by atoms with Crippen molar-refractivity contribution in [1.82, 2.24) is 30.3 Å². The quantitative estimate of drug-likeness (QED) is 0.482. The Morgan fingerprint density at radius 3 is 2.82 bits per heavy atom. The van der Waals surface area contributed by atoms with Gasteiger partial charge in [0.15, 0.2) is 5.82 Å². The first-order valence-corrected chi connectivity index (χ1v) is 11.9. The summed E-state index contributed by atoms with van der Waals surface area (Å²) in [6.07, 6.45) is 8.98. The molecule has 0 saturated heterocycles. The number of aromatic nitrogens is 5. The lowest BCUT2D eigenvalue weighted by atomic mass is 9.79. The van der Waals surface area contributed by atoms with E-state index in [-0.39, 0.29) is 5.91 Å². The van der Waals surface area contributed by atoms with E-state index in [0.717, 1.165) is 25.7 Å². The Hall–Kier alpha value is -3.49. The molecule has 9 heteroatoms. The average Bonchev–Trinajstić information content (AvgIpc) is 3.45. The number of nitrogens with one attached hydrogen (secondary N) is 2. The number of benzene rings is 1. The predicted octanol–water partition coefficient (Wildman–Crippen LogP) is 4.39. The first kappa shape index (κ1) is 22.3. The number of amides is 1. The number of H-pyrrole nitrogens is 1. The number of rotatable bonds is 8. The fourth-order valence-electron chi connectivity index (χ4n) is 4.61. The van der Waals surface area contributed by atoms with Gasteiger partial charge < -0.3 is 10.1 Å². The van der Waals surface area contributed by atoms with Crippen LogP contribution in [0.4, 0.5) is 4.39 Å². The van der Waals surface area contributed by atoms with Crippen molar-refractivity contribution in [1.29, 1.82) is 0 Å². The maximum Gasteiger partial charge on any atom is 0.256 e. The number of aromatic amines is 1. The van der Waals surface area contributed by atoms with Gasteiger partial charge in [0.05, 0.1) is 29.5 Å². The number of unbranched alkanes of at least 4 members (excludes halogenated alkanes) is 1. The van der Waals surface area contributed by atoms with Gasteiger partial charge in [-0.3, -0.25) is 14.6 Å². The van der Waals surface area contributed by atoms with Crippen LogP contribution in [0.2, 0.25) is 0 Å². The first-order valence-electron chi connectivity index (χ1n) is 11.9. The molecule has 0 spiro atoms. The highest BCUT2D eigenvalue weighted by atomic mass is 19.1. The Kier molecular flexibility index (Phi) is 5.93. The summed E-state index contributed by atoms with van der Waals surface area (Å²) in [6, 6.07) is 7.16. The Morgan fingerprint density at radius 1 is 1.29 bits per heavy atom. The number of hydrogen-bond donors (Lipinski definition) is 2. The van der Waals surface area contributed by atoms with Crippen LogP contribution >= 0.6 is 0 Å². The SMILES string of the molecule is CCCCOc1ccc(C2(C)CC(c3ccn(C4CCC4)n3)=C(c3ncn[nH]3)C(=O)N2)c(F)c1. The zero-order valence-electron chi connectivity index (χ0n) is 19.5. The zero-order chi connectivity index (χ0) is 23.7. The summed E-state index contributed by atoms with van der Waals surface area (Å²) < 4.78 is 22.9. The van der Waals surface area contributed by atoms with Crippen molar-refractivity contribution in [3.8, 4) is 5.75 Å². The van der Waals surface area contributed by atoms with Crippen molar-refractivity contribution in [2.75, 3.05) is 6.61 Å². The smallest absolute Gasteiger partial charge is 0.256 e. The normalized spacial score (nSPS) is 20.9. The minimum Gasteiger partial charge on any atom is -0.493 e. The van der Waals surface area contributed by atoms with Crippen LogP contribution in [0.15, 0.2) is 36.8 Å². The van der Waals surface area contributed by atoms with E-state index in [9.17, 15) is 4.79 Å². The van der Waals surface area contributed by atoms with Crippen LogP contribution in [-0.2, 0) is 10.3 Å². The fraction of sp³-hybridized carbons (Fsp3) is 0.440. The Bertz CT molecular complexity index is 1210. The zero-order valence-corrected chi connectivity index (χ0v) is 19.5. The molecule has 1 aliphatic carbocycles. The number of hydrogen-bond acceptors (Lipinski definition) is 5. The third-order valence-corrected chi connectivity index (χ3v) is 6.77. The number of carbonyl (C=O) groups excluding carboxylic acids is 1. The second kappa shape index (κ2) is 9.04. The number of carbonyl (C=O) groups is 1. The molecule has 8 nitrogen and oxygen atoms in total. The standard InChI is InChI=1S/C25H29FN6O2/c1-3-4-12-34-17-8-9-19(20(26)13-17)25(2)14-18(21-10-11-32(31-21)16-6-5-7-16)22(24(33)29-25)23-27-15-28-30-23/h8-11,13,15-16H,3-7,12,14H2,1-2H3,(H,29,33)(H,27,28,30). The summed E-state index contributed by atoms with van der Waals surface area (Å²) in [5.41, 5.74) is 1.22. The van der Waals surface area contributed by atoms with Gasteiger partial charge in [-0.1, -0.05) is 19.4 Å². The van der Waals surface area contributed by atoms with E-state index in [0.29, 0.717) is 53.0 Å². The summed E-state index contributed by atoms with van der Waals surface area (Å²) in [5, 5.41) is 14.5. The van der Waals surface area contributed by atoms with E-state index in [1.807, 2.05) is 23.9 Å². The molecule has 0 bridgehead atoms. The Labute approximate surface area is 197 Å². The minimum atomic E-state index is -0.970. The predicted molar refractivity (Wildman–Crippen MR) is 125 cm³/mol. The summed E-state index contributed by atoms with van der Waals surface area (Å²) >= 11 is 0. The molecule has 3 heterocycles. The van der Waals surface area contributed by atoms with E-state index in [1.165, 1.54) is 18.8 Å². The van der Waals surface area contributed by atoms with Gasteiger partial charge in [-0.05, 0) is 50.3 Å². The van der Waals surface area contributed by atoms with Crippen LogP contribution in [-0.4, -0.2) is 37.5 Å². The van der Waals surface area contributed by atoms with Crippen LogP contribution < -0.4 is 10.1 Å². The number of ether oxygens (including phenoxy) is 1. The lowest BCUT2D eigenvalue weighted by molar-refractivity contribution is -0.117. The second-order valence-corrected chi connectivity index (χ2v) is 9.26. The fourth-order valence-corrected chi connectivity index (χ4v) is 4.61. The van der Waals surface area contributed by atoms with Gasteiger partial charge in [0.1, 0.15) is 17.9 Å². The molecule has 3 aromatic rings. The van der Waals surface area contributed by atoms with Crippen molar-refractivity contribution >= 4 is 17.1 Å². The average molecular weight is 465 g/mol. The Morgan fingerprint density at radius 2 is 2.15 bits per heavy atom. The molecule has 2 N–H and O–H groups in total. The number of halogens is 1. The summed E-state index contributed by atoms with van der Waals surface area (Å²) in [7, 11) is 0. The topological polar surface area (TPSA) is 97.7 Å². The van der Waals surface area contributed by atoms with Crippen LogP contribution in [0, 0.1) is 5.82 Å². The third kappa shape index (κ3) is 4.10. The molecule has 1 aromatic carbocycles. The molecule has 34 heavy (non-hydrogen) atoms. The molecule has 1 fully saturated rings. The number of nitrogens with zero attached hydrogens (tertiary/aromatic N) is 4. The van der Waals surface area contributed by atoms with Crippen LogP contribution in [0.1, 0.15) is 75.5 Å². The summed E-state index contributed by atoms with van der Waals surface area (Å²) in [5.74, 6) is 0.0892. The van der Waals surface area contributed by atoms with Crippen molar-refractivity contribution in [3.05, 3.63) is 59.7 Å². The molecule has 178 valence electrons. The monoisotopic (exact) mass is 464 g/mol. The molecule has 1 atom stereocenters. The first-order chi connectivity index (χ1) is 16.5. The molecular formula is C25H29FN6O2. The van der Waals surface area contributed by atoms with E-state index in [4.69, 9.17) is 9.84 Å². The van der Waals surface area contributed by atoms with E-state index < -0.39 is 11.4 Å². The van der Waals surface area contributed by atoms with Gasteiger partial charge in [0.2, 0.25) is 0 Å².